The van der Waals surface area contributed by atoms with Gasteiger partial charge in [-0.2, -0.15) is 4.31 Å². The van der Waals surface area contributed by atoms with Crippen LogP contribution in [-0.4, -0.2) is 36.4 Å². The van der Waals surface area contributed by atoms with Crippen LogP contribution in [0.2, 0.25) is 0 Å². The van der Waals surface area contributed by atoms with Gasteiger partial charge in [-0.1, -0.05) is 57.3 Å². The van der Waals surface area contributed by atoms with E-state index in [1.165, 1.54) is 4.31 Å². The van der Waals surface area contributed by atoms with Gasteiger partial charge in [0.1, 0.15) is 5.76 Å². The molecule has 1 aliphatic carbocycles. The lowest BCUT2D eigenvalue weighted by Crippen LogP contribution is -2.45. The van der Waals surface area contributed by atoms with Crippen LogP contribution in [0.1, 0.15) is 64.2 Å². The third-order valence-corrected chi connectivity index (χ3v) is 7.42. The molecule has 0 saturated heterocycles. The van der Waals surface area contributed by atoms with E-state index in [0.717, 1.165) is 37.7 Å². The van der Waals surface area contributed by atoms with Crippen LogP contribution in [0.5, 0.6) is 0 Å². The number of carbonyl (C=O) groups excluding carboxylic acids is 1. The Kier molecular flexibility index (Phi) is 6.67. The molecule has 1 aromatic carbocycles. The number of hydrogen-bond acceptors (Lipinski definition) is 5. The van der Waals surface area contributed by atoms with Gasteiger partial charge < -0.3 is 9.84 Å². The summed E-state index contributed by atoms with van der Waals surface area (Å²) in [5.41, 5.74) is 0.992. The number of benzene rings is 1. The van der Waals surface area contributed by atoms with E-state index in [4.69, 9.17) is 4.52 Å². The van der Waals surface area contributed by atoms with Gasteiger partial charge in [0.05, 0.1) is 11.4 Å². The first-order valence-electron chi connectivity index (χ1n) is 10.4. The zero-order valence-electron chi connectivity index (χ0n) is 18.1. The van der Waals surface area contributed by atoms with Crippen molar-refractivity contribution in [3.63, 3.8) is 0 Å². The van der Waals surface area contributed by atoms with Crippen molar-refractivity contribution in [2.45, 2.75) is 76.2 Å². The average Bonchev–Trinajstić information content (AvgIpc) is 3.10. The van der Waals surface area contributed by atoms with Crippen LogP contribution in [-0.2, 0) is 20.2 Å². The second-order valence-electron chi connectivity index (χ2n) is 8.99. The molecule has 1 amide bonds. The number of nitrogens with one attached hydrogen (secondary N) is 1. The SMILES string of the molecule is Cc1cc(NC(=O)CN(C2CCCCC2)S(=O)(=O)c2ccc(C(C)(C)C)cc2)no1. The Hall–Kier alpha value is -2.19. The molecule has 8 heteroatoms. The summed E-state index contributed by atoms with van der Waals surface area (Å²) in [7, 11) is -3.82. The van der Waals surface area contributed by atoms with E-state index in [1.807, 2.05) is 12.1 Å². The summed E-state index contributed by atoms with van der Waals surface area (Å²) in [6.45, 7) is 7.73. The molecule has 1 N–H and O–H groups in total. The normalized spacial score (nSPS) is 16.0. The Morgan fingerprint density at radius 1 is 1.17 bits per heavy atom. The highest BCUT2D eigenvalue weighted by atomic mass is 32.2. The molecule has 1 fully saturated rings. The van der Waals surface area contributed by atoms with E-state index < -0.39 is 15.9 Å². The van der Waals surface area contributed by atoms with E-state index in [2.05, 4.69) is 31.2 Å². The summed E-state index contributed by atoms with van der Waals surface area (Å²) in [6, 6.07) is 8.41. The van der Waals surface area contributed by atoms with Gasteiger partial charge in [0.25, 0.3) is 0 Å². The van der Waals surface area contributed by atoms with E-state index >= 15 is 0 Å². The van der Waals surface area contributed by atoms with Crippen LogP contribution in [0, 0.1) is 6.92 Å². The van der Waals surface area contributed by atoms with Gasteiger partial charge in [-0.05, 0) is 42.9 Å². The number of anilines is 1. The molecule has 0 radical (unpaired) electrons. The van der Waals surface area contributed by atoms with E-state index in [0.29, 0.717) is 5.76 Å². The maximum absolute atomic E-state index is 13.5. The molecular weight excluding hydrogens is 402 g/mol. The van der Waals surface area contributed by atoms with Crippen LogP contribution in [0.4, 0.5) is 5.82 Å². The van der Waals surface area contributed by atoms with Crippen molar-refractivity contribution in [2.24, 2.45) is 0 Å². The van der Waals surface area contributed by atoms with Crippen LogP contribution < -0.4 is 5.32 Å². The molecule has 164 valence electrons. The van der Waals surface area contributed by atoms with Gasteiger partial charge in [-0.25, -0.2) is 8.42 Å². The minimum atomic E-state index is -3.82. The Labute approximate surface area is 178 Å². The van der Waals surface area contributed by atoms with E-state index in [-0.39, 0.29) is 28.7 Å². The van der Waals surface area contributed by atoms with Gasteiger partial charge >= 0.3 is 0 Å². The van der Waals surface area contributed by atoms with Crippen molar-refractivity contribution >= 4 is 21.7 Å². The van der Waals surface area contributed by atoms with Crippen LogP contribution in [0.3, 0.4) is 0 Å². The maximum atomic E-state index is 13.5. The monoisotopic (exact) mass is 433 g/mol. The molecule has 1 saturated carbocycles. The number of nitrogens with zero attached hydrogens (tertiary/aromatic N) is 2. The van der Waals surface area contributed by atoms with Gasteiger partial charge in [0.15, 0.2) is 5.82 Å². The first-order valence-corrected chi connectivity index (χ1v) is 11.9. The minimum Gasteiger partial charge on any atom is -0.360 e. The molecule has 1 aromatic heterocycles. The largest absolute Gasteiger partial charge is 0.360 e. The minimum absolute atomic E-state index is 0.0685. The predicted octanol–water partition coefficient (Wildman–Crippen LogP) is 4.24. The number of aryl methyl sites for hydroxylation is 1. The highest BCUT2D eigenvalue weighted by Crippen LogP contribution is 2.29. The van der Waals surface area contributed by atoms with Gasteiger partial charge in [0.2, 0.25) is 15.9 Å². The number of hydrogen-bond donors (Lipinski definition) is 1. The fraction of sp³-hybridized carbons (Fsp3) is 0.545. The molecule has 2 aromatic rings. The Morgan fingerprint density at radius 2 is 1.80 bits per heavy atom. The Morgan fingerprint density at radius 3 is 2.33 bits per heavy atom. The Balaban J connectivity index is 1.85. The van der Waals surface area contributed by atoms with Crippen molar-refractivity contribution in [3.8, 4) is 0 Å². The quantitative estimate of drug-likeness (QED) is 0.735. The molecule has 30 heavy (non-hydrogen) atoms. The fourth-order valence-corrected chi connectivity index (χ4v) is 5.43. The second-order valence-corrected chi connectivity index (χ2v) is 10.9. The summed E-state index contributed by atoms with van der Waals surface area (Å²) >= 11 is 0. The third kappa shape index (κ3) is 5.29. The summed E-state index contributed by atoms with van der Waals surface area (Å²) in [4.78, 5) is 12.9. The molecule has 0 spiro atoms. The lowest BCUT2D eigenvalue weighted by Gasteiger charge is -2.33. The lowest BCUT2D eigenvalue weighted by molar-refractivity contribution is -0.116. The molecule has 1 heterocycles. The predicted molar refractivity (Wildman–Crippen MR) is 116 cm³/mol. The fourth-order valence-electron chi connectivity index (χ4n) is 3.79. The molecule has 1 aliphatic rings. The van der Waals surface area contributed by atoms with Crippen molar-refractivity contribution in [2.75, 3.05) is 11.9 Å². The smallest absolute Gasteiger partial charge is 0.243 e. The van der Waals surface area contributed by atoms with Crippen LogP contribution in [0.25, 0.3) is 0 Å². The molecule has 0 bridgehead atoms. The standard InChI is InChI=1S/C22H31N3O4S/c1-16-14-20(24-29-16)23-21(26)15-25(18-8-6-5-7-9-18)30(27,28)19-12-10-17(11-13-19)22(2,3)4/h10-14,18H,5-9,15H2,1-4H3,(H,23,24,26). The number of amides is 1. The number of carbonyl (C=O) groups is 1. The third-order valence-electron chi connectivity index (χ3n) is 5.50. The summed E-state index contributed by atoms with van der Waals surface area (Å²) < 4.78 is 33.3. The maximum Gasteiger partial charge on any atom is 0.243 e. The first kappa shape index (κ1) is 22.5. The highest BCUT2D eigenvalue weighted by molar-refractivity contribution is 7.89. The lowest BCUT2D eigenvalue weighted by atomic mass is 9.87. The first-order chi connectivity index (χ1) is 14.1. The molecule has 0 atom stereocenters. The number of rotatable bonds is 6. The topological polar surface area (TPSA) is 92.5 Å². The van der Waals surface area contributed by atoms with Crippen molar-refractivity contribution in [3.05, 3.63) is 41.7 Å². The molecule has 0 unspecified atom stereocenters. The van der Waals surface area contributed by atoms with Crippen LogP contribution >= 0.6 is 0 Å². The van der Waals surface area contributed by atoms with Crippen molar-refractivity contribution in [1.29, 1.82) is 0 Å². The Bertz CT molecular complexity index is 969. The molecular formula is C22H31N3O4S. The summed E-state index contributed by atoms with van der Waals surface area (Å²) in [5.74, 6) is 0.428. The summed E-state index contributed by atoms with van der Waals surface area (Å²) in [6.07, 6.45) is 4.54. The average molecular weight is 434 g/mol. The molecule has 7 nitrogen and oxygen atoms in total. The van der Waals surface area contributed by atoms with Crippen LogP contribution in [0.15, 0.2) is 39.8 Å². The van der Waals surface area contributed by atoms with Crippen molar-refractivity contribution in [1.82, 2.24) is 9.46 Å². The molecule has 3 rings (SSSR count). The van der Waals surface area contributed by atoms with Gasteiger partial charge in [-0.15, -0.1) is 0 Å². The molecule has 0 aliphatic heterocycles. The number of sulfonamides is 1. The van der Waals surface area contributed by atoms with Gasteiger partial charge in [0, 0.05) is 12.1 Å². The zero-order valence-corrected chi connectivity index (χ0v) is 19.0. The highest BCUT2D eigenvalue weighted by Gasteiger charge is 2.34. The number of aromatic nitrogens is 1. The second kappa shape index (κ2) is 8.89. The zero-order chi connectivity index (χ0) is 21.9. The van der Waals surface area contributed by atoms with Gasteiger partial charge in [-0.3, -0.25) is 4.79 Å². The summed E-state index contributed by atoms with van der Waals surface area (Å²) in [5, 5.41) is 6.39. The van der Waals surface area contributed by atoms with E-state index in [9.17, 15) is 13.2 Å². The van der Waals surface area contributed by atoms with Crippen molar-refractivity contribution < 1.29 is 17.7 Å². The van der Waals surface area contributed by atoms with E-state index in [1.54, 1.807) is 25.1 Å².